The van der Waals surface area contributed by atoms with E-state index in [2.05, 4.69) is 15.5 Å². The van der Waals surface area contributed by atoms with Gasteiger partial charge < -0.3 is 15.5 Å². The summed E-state index contributed by atoms with van der Waals surface area (Å²) in [6.45, 7) is 7.62. The molecule has 2 aromatic rings. The standard InChI is InChI=1S/C20H22F3N3O2/c1-4-26(5-2)13-6-8-15(12(3)10-13)24-17(27)11-18(28)25-16-9-7-14(21)19(22)20(16)23/h6-10H,4-5,11H2,1-3H3,(H,24,27)(H,25,28). The Bertz CT molecular complexity index is 883. The summed E-state index contributed by atoms with van der Waals surface area (Å²) in [7, 11) is 0. The summed E-state index contributed by atoms with van der Waals surface area (Å²) in [5.74, 6) is -6.03. The van der Waals surface area contributed by atoms with Crippen molar-refractivity contribution in [3.05, 3.63) is 53.3 Å². The first-order valence-electron chi connectivity index (χ1n) is 8.85. The fraction of sp³-hybridized carbons (Fsp3) is 0.300. The average molecular weight is 393 g/mol. The number of hydrogen-bond donors (Lipinski definition) is 2. The molecule has 2 aromatic carbocycles. The Balaban J connectivity index is 2.00. The van der Waals surface area contributed by atoms with Crippen molar-refractivity contribution in [3.8, 4) is 0 Å². The number of nitrogens with zero attached hydrogens (tertiary/aromatic N) is 1. The molecule has 0 atom stereocenters. The monoisotopic (exact) mass is 393 g/mol. The molecule has 2 N–H and O–H groups in total. The first-order valence-corrected chi connectivity index (χ1v) is 8.85. The minimum Gasteiger partial charge on any atom is -0.372 e. The Hall–Kier alpha value is -3.03. The summed E-state index contributed by atoms with van der Waals surface area (Å²) in [5, 5.41) is 4.68. The van der Waals surface area contributed by atoms with Crippen LogP contribution in [0, 0.1) is 24.4 Å². The van der Waals surface area contributed by atoms with Crippen LogP contribution < -0.4 is 15.5 Å². The Morgan fingerprint density at radius 2 is 1.46 bits per heavy atom. The minimum atomic E-state index is -1.69. The lowest BCUT2D eigenvalue weighted by molar-refractivity contribution is -0.123. The van der Waals surface area contributed by atoms with Gasteiger partial charge in [0.1, 0.15) is 6.42 Å². The van der Waals surface area contributed by atoms with E-state index in [-0.39, 0.29) is 0 Å². The molecule has 0 spiro atoms. The Morgan fingerprint density at radius 3 is 2.04 bits per heavy atom. The highest BCUT2D eigenvalue weighted by molar-refractivity contribution is 6.08. The maximum Gasteiger partial charge on any atom is 0.233 e. The van der Waals surface area contributed by atoms with Crippen molar-refractivity contribution in [1.29, 1.82) is 0 Å². The maximum absolute atomic E-state index is 13.6. The highest BCUT2D eigenvalue weighted by Crippen LogP contribution is 2.23. The SMILES string of the molecule is CCN(CC)c1ccc(NC(=O)CC(=O)Nc2ccc(F)c(F)c2F)c(C)c1. The molecule has 0 saturated carbocycles. The summed E-state index contributed by atoms with van der Waals surface area (Å²) >= 11 is 0. The molecule has 28 heavy (non-hydrogen) atoms. The molecule has 0 unspecified atom stereocenters. The van der Waals surface area contributed by atoms with Crippen LogP contribution in [0.4, 0.5) is 30.2 Å². The Labute approximate surface area is 161 Å². The van der Waals surface area contributed by atoms with Crippen LogP contribution in [-0.2, 0) is 9.59 Å². The molecular formula is C20H22F3N3O2. The number of hydrogen-bond acceptors (Lipinski definition) is 3. The second-order valence-electron chi connectivity index (χ2n) is 6.17. The number of aryl methyl sites for hydroxylation is 1. The van der Waals surface area contributed by atoms with Crippen LogP contribution in [0.15, 0.2) is 30.3 Å². The molecule has 150 valence electrons. The topological polar surface area (TPSA) is 61.4 Å². The van der Waals surface area contributed by atoms with Crippen LogP contribution in [0.1, 0.15) is 25.8 Å². The summed E-state index contributed by atoms with van der Waals surface area (Å²) in [6, 6.07) is 7.12. The van der Waals surface area contributed by atoms with E-state index >= 15 is 0 Å². The van der Waals surface area contributed by atoms with Crippen LogP contribution in [0.3, 0.4) is 0 Å². The lowest BCUT2D eigenvalue weighted by Crippen LogP contribution is -2.23. The number of benzene rings is 2. The number of carbonyl (C=O) groups is 2. The smallest absolute Gasteiger partial charge is 0.233 e. The molecule has 0 aliphatic heterocycles. The zero-order chi connectivity index (χ0) is 20.8. The van der Waals surface area contributed by atoms with E-state index in [4.69, 9.17) is 0 Å². The van der Waals surface area contributed by atoms with Gasteiger partial charge in [-0.3, -0.25) is 9.59 Å². The number of anilines is 3. The first-order chi connectivity index (χ1) is 13.3. The maximum atomic E-state index is 13.6. The van der Waals surface area contributed by atoms with Gasteiger partial charge >= 0.3 is 0 Å². The fourth-order valence-corrected chi connectivity index (χ4v) is 2.73. The van der Waals surface area contributed by atoms with Gasteiger partial charge in [-0.2, -0.15) is 0 Å². The van der Waals surface area contributed by atoms with Crippen LogP contribution >= 0.6 is 0 Å². The highest BCUT2D eigenvalue weighted by Gasteiger charge is 2.17. The lowest BCUT2D eigenvalue weighted by atomic mass is 10.1. The summed E-state index contributed by atoms with van der Waals surface area (Å²) in [5.41, 5.74) is 1.86. The van der Waals surface area contributed by atoms with Crippen molar-refractivity contribution in [2.24, 2.45) is 0 Å². The largest absolute Gasteiger partial charge is 0.372 e. The van der Waals surface area contributed by atoms with E-state index in [1.54, 1.807) is 6.07 Å². The molecule has 0 aliphatic rings. The molecule has 0 bridgehead atoms. The summed E-state index contributed by atoms with van der Waals surface area (Å²) in [6.07, 6.45) is -0.602. The zero-order valence-corrected chi connectivity index (χ0v) is 15.9. The quantitative estimate of drug-likeness (QED) is 0.547. The van der Waals surface area contributed by atoms with Gasteiger partial charge in [0.15, 0.2) is 17.5 Å². The third kappa shape index (κ3) is 5.03. The van der Waals surface area contributed by atoms with Gasteiger partial charge in [-0.1, -0.05) is 0 Å². The predicted octanol–water partition coefficient (Wildman–Crippen LogP) is 4.23. The van der Waals surface area contributed by atoms with Gasteiger partial charge in [-0.05, 0) is 56.7 Å². The van der Waals surface area contributed by atoms with Crippen LogP contribution in [0.2, 0.25) is 0 Å². The summed E-state index contributed by atoms with van der Waals surface area (Å²) in [4.78, 5) is 26.2. The van der Waals surface area contributed by atoms with Crippen molar-refractivity contribution in [2.75, 3.05) is 28.6 Å². The first kappa shape index (κ1) is 21.3. The van der Waals surface area contributed by atoms with Crippen molar-refractivity contribution in [3.63, 3.8) is 0 Å². The van der Waals surface area contributed by atoms with Crippen molar-refractivity contribution in [2.45, 2.75) is 27.2 Å². The van der Waals surface area contributed by atoms with Crippen molar-refractivity contribution in [1.82, 2.24) is 0 Å². The second-order valence-corrected chi connectivity index (χ2v) is 6.17. The third-order valence-electron chi connectivity index (χ3n) is 4.24. The summed E-state index contributed by atoms with van der Waals surface area (Å²) < 4.78 is 39.7. The van der Waals surface area contributed by atoms with Gasteiger partial charge in [0.25, 0.3) is 0 Å². The number of amides is 2. The van der Waals surface area contributed by atoms with E-state index in [0.717, 1.165) is 30.4 Å². The molecule has 0 heterocycles. The molecule has 0 radical (unpaired) electrons. The number of carbonyl (C=O) groups excluding carboxylic acids is 2. The minimum absolute atomic E-state index is 0.531. The van der Waals surface area contributed by atoms with Gasteiger partial charge in [0, 0.05) is 24.5 Å². The molecular weight excluding hydrogens is 371 g/mol. The Morgan fingerprint density at radius 1 is 0.893 bits per heavy atom. The molecule has 0 aromatic heterocycles. The number of rotatable bonds is 7. The fourth-order valence-electron chi connectivity index (χ4n) is 2.73. The lowest BCUT2D eigenvalue weighted by Gasteiger charge is -2.22. The molecule has 0 aliphatic carbocycles. The van der Waals surface area contributed by atoms with Gasteiger partial charge in [-0.25, -0.2) is 13.2 Å². The predicted molar refractivity (Wildman–Crippen MR) is 103 cm³/mol. The average Bonchev–Trinajstić information content (AvgIpc) is 2.65. The third-order valence-corrected chi connectivity index (χ3v) is 4.24. The van der Waals surface area contributed by atoms with Gasteiger partial charge in [0.2, 0.25) is 11.8 Å². The van der Waals surface area contributed by atoms with Gasteiger partial charge in [-0.15, -0.1) is 0 Å². The van der Waals surface area contributed by atoms with E-state index in [9.17, 15) is 22.8 Å². The Kier molecular flexibility index (Phi) is 7.03. The van der Waals surface area contributed by atoms with E-state index in [1.807, 2.05) is 32.9 Å². The van der Waals surface area contributed by atoms with Crippen LogP contribution in [0.25, 0.3) is 0 Å². The van der Waals surface area contributed by atoms with E-state index < -0.39 is 41.4 Å². The van der Waals surface area contributed by atoms with Crippen molar-refractivity contribution >= 4 is 28.9 Å². The van der Waals surface area contributed by atoms with E-state index in [1.165, 1.54) is 0 Å². The van der Waals surface area contributed by atoms with Crippen LogP contribution in [-0.4, -0.2) is 24.9 Å². The molecule has 0 fully saturated rings. The molecule has 2 amide bonds. The molecule has 0 saturated heterocycles. The normalized spacial score (nSPS) is 10.5. The molecule has 2 rings (SSSR count). The molecule has 8 heteroatoms. The number of nitrogens with one attached hydrogen (secondary N) is 2. The number of halogens is 3. The van der Waals surface area contributed by atoms with E-state index in [0.29, 0.717) is 11.8 Å². The molecule has 5 nitrogen and oxygen atoms in total. The highest BCUT2D eigenvalue weighted by atomic mass is 19.2. The second kappa shape index (κ2) is 9.25. The van der Waals surface area contributed by atoms with Crippen molar-refractivity contribution < 1.29 is 22.8 Å². The van der Waals surface area contributed by atoms with Crippen LogP contribution in [0.5, 0.6) is 0 Å². The zero-order valence-electron chi connectivity index (χ0n) is 15.9. The van der Waals surface area contributed by atoms with Gasteiger partial charge in [0.05, 0.1) is 5.69 Å².